The highest BCUT2D eigenvalue weighted by Crippen LogP contribution is 2.61. The molecule has 12 aromatic rings. The normalized spacial score (nSPS) is 13.3. The van der Waals surface area contributed by atoms with Gasteiger partial charge in [-0.05, 0) is 240 Å². The zero-order chi connectivity index (χ0) is 91.8. The minimum absolute atomic E-state index is 0.132. The maximum atomic E-state index is 2.81. The van der Waals surface area contributed by atoms with Gasteiger partial charge < -0.3 is 19.6 Å². The lowest BCUT2D eigenvalue weighted by Gasteiger charge is -2.40. The van der Waals surface area contributed by atoms with Crippen molar-refractivity contribution in [2.24, 2.45) is 0 Å². The predicted molar refractivity (Wildman–Crippen MR) is 551 cm³/mol. The Morgan fingerprint density at radius 2 is 0.339 bits per heavy atom. The molecular weight excluding hydrogens is 1500 g/mol. The third-order valence-corrected chi connectivity index (χ3v) is 26.6. The van der Waals surface area contributed by atoms with Crippen molar-refractivity contribution >= 4 is 101 Å². The van der Waals surface area contributed by atoms with Crippen molar-refractivity contribution in [1.82, 2.24) is 0 Å². The average molecular weight is 1660 g/mol. The maximum Gasteiger partial charge on any atom is 0.0561 e. The van der Waals surface area contributed by atoms with E-state index in [1.807, 2.05) is 0 Å². The molecule has 0 aliphatic rings. The van der Waals surface area contributed by atoms with Crippen molar-refractivity contribution < 1.29 is 0 Å². The molecule has 0 aliphatic carbocycles. The lowest BCUT2D eigenvalue weighted by atomic mass is 9.75. The molecule has 0 spiro atoms. The molecule has 0 aromatic heterocycles. The number of benzene rings is 12. The molecule has 0 bridgehead atoms. The number of nitrogens with zero attached hydrogens (tertiary/aromatic N) is 4. The molecular formula is C120H158N4. The van der Waals surface area contributed by atoms with E-state index in [9.17, 15) is 0 Å². The third-order valence-electron chi connectivity index (χ3n) is 26.6. The topological polar surface area (TPSA) is 13.0 Å². The molecule has 0 saturated heterocycles. The lowest BCUT2D eigenvalue weighted by molar-refractivity contribution is 0.559. The Morgan fingerprint density at radius 3 is 0.484 bits per heavy atom. The van der Waals surface area contributed by atoms with Crippen LogP contribution in [0.1, 0.15) is 413 Å². The Morgan fingerprint density at radius 1 is 0.169 bits per heavy atom. The van der Waals surface area contributed by atoms with Crippen molar-refractivity contribution in [2.75, 3.05) is 19.6 Å². The molecule has 0 saturated carbocycles. The van der Waals surface area contributed by atoms with Crippen LogP contribution in [0.15, 0.2) is 182 Å². The van der Waals surface area contributed by atoms with Crippen LogP contribution < -0.4 is 19.6 Å². The summed E-state index contributed by atoms with van der Waals surface area (Å²) in [6, 6.07) is 74.5. The van der Waals surface area contributed by atoms with Gasteiger partial charge in [0.15, 0.2) is 0 Å². The molecule has 0 atom stereocenters. The highest BCUT2D eigenvalue weighted by atomic mass is 15.2. The molecule has 12 rings (SSSR count). The van der Waals surface area contributed by atoms with Crippen molar-refractivity contribution in [3.63, 3.8) is 0 Å². The molecule has 124 heavy (non-hydrogen) atoms. The highest BCUT2D eigenvalue weighted by Gasteiger charge is 2.40. The van der Waals surface area contributed by atoms with E-state index in [0.717, 1.165) is 22.7 Å². The van der Waals surface area contributed by atoms with Crippen LogP contribution in [0, 0.1) is 0 Å². The SMILES string of the molecule is CC(C)c1ccccc1N(c1cc(C(C)(C)C)cc(C(C)(C)C)c1C(C)C)c1cc(N(c2ccccc2C(C)C)c2cc(C(C)(C)C)cc(C(C)(C)C)c2C(C)C)c2ccc3c(N(c4ccccc4C(C)C)c4cc(C(C)(C)C)cc(C(C)(C)C)c4C(C)C)cc(N(c4ccccc4C(C)C)c4cc(C(C)(C)C)cc(C(C)(C)C)c4C(C)C)c4ccc1c2c43. The first-order valence-corrected chi connectivity index (χ1v) is 47.4. The lowest BCUT2D eigenvalue weighted by Crippen LogP contribution is -2.25. The van der Waals surface area contributed by atoms with E-state index in [1.54, 1.807) is 0 Å². The van der Waals surface area contributed by atoms with Crippen LogP contribution in [0.2, 0.25) is 0 Å². The summed E-state index contributed by atoms with van der Waals surface area (Å²) >= 11 is 0. The van der Waals surface area contributed by atoms with E-state index < -0.39 is 0 Å². The molecule has 12 aromatic carbocycles. The minimum Gasteiger partial charge on any atom is -0.309 e. The standard InChI is InChI=1S/C120H158N4/c1-71(2)83-49-41-45-53-95(83)121(103-65-79(113(17,18)19)61-91(117(29,30)31)107(103)75(9)10)99-69-100(122(96-54-46-42-50-84(96)72(3)4)104-66-80(114(20,21)22)62-92(118(32,33)34)108(104)76(11)12)88-59-60-90-102(124(98-56-48-44-52-86(98)74(7)8)106-68-82(116(26,27)28)64-94(120(38,39)40)110(106)78(15)16)70-101(89-58-57-87(99)111(88)112(89)90)123(97-55-47-43-51-85(97)73(5)6)105-67-81(115(23,24)25)63-93(119(35,36)37)109(105)77(13)14/h41-78H,1-40H3. The molecule has 0 fully saturated rings. The molecule has 0 unspecified atom stereocenters. The second kappa shape index (κ2) is 33.9. The number of hydrogen-bond acceptors (Lipinski definition) is 4. The van der Waals surface area contributed by atoms with E-state index in [-0.39, 0.29) is 90.7 Å². The first kappa shape index (κ1) is 94.0. The molecule has 0 amide bonds. The molecule has 0 radical (unpaired) electrons. The Bertz CT molecular complexity index is 5200. The fraction of sp³-hybridized carbons (Fsp3) is 0.467. The monoisotopic (exact) mass is 1660 g/mol. The van der Waals surface area contributed by atoms with Crippen LogP contribution in [0.4, 0.5) is 68.2 Å². The van der Waals surface area contributed by atoms with Gasteiger partial charge in [0.05, 0.1) is 45.5 Å². The second-order valence-corrected chi connectivity index (χ2v) is 47.5. The van der Waals surface area contributed by atoms with Crippen molar-refractivity contribution in [3.8, 4) is 0 Å². The Kier molecular flexibility index (Phi) is 25.7. The molecule has 0 N–H and O–H groups in total. The Hall–Kier alpha value is -9.12. The number of anilines is 12. The summed E-state index contributed by atoms with van der Waals surface area (Å²) in [7, 11) is 0. The fourth-order valence-corrected chi connectivity index (χ4v) is 19.9. The van der Waals surface area contributed by atoms with Gasteiger partial charge in [-0.15, -0.1) is 0 Å². The van der Waals surface area contributed by atoms with Gasteiger partial charge in [-0.25, -0.2) is 0 Å². The van der Waals surface area contributed by atoms with Gasteiger partial charge in [-0.3, -0.25) is 0 Å². The number of para-hydroxylation sites is 4. The van der Waals surface area contributed by atoms with Gasteiger partial charge >= 0.3 is 0 Å². The highest BCUT2D eigenvalue weighted by molar-refractivity contribution is 6.33. The Labute approximate surface area is 753 Å². The summed E-state index contributed by atoms with van der Waals surface area (Å²) in [6.07, 6.45) is 0. The summed E-state index contributed by atoms with van der Waals surface area (Å²) in [4.78, 5) is 11.2. The van der Waals surface area contributed by atoms with E-state index in [0.29, 0.717) is 0 Å². The van der Waals surface area contributed by atoms with Crippen LogP contribution in [0.5, 0.6) is 0 Å². The summed E-state index contributed by atoms with van der Waals surface area (Å²) in [5.74, 6) is 1.17. The van der Waals surface area contributed by atoms with Crippen molar-refractivity contribution in [2.45, 2.75) is 368 Å². The van der Waals surface area contributed by atoms with Crippen LogP contribution in [0.25, 0.3) is 32.3 Å². The van der Waals surface area contributed by atoms with Crippen LogP contribution in [-0.2, 0) is 43.3 Å². The maximum absolute atomic E-state index is 2.81. The van der Waals surface area contributed by atoms with Crippen LogP contribution >= 0.6 is 0 Å². The predicted octanol–water partition coefficient (Wildman–Crippen LogP) is 37.8. The molecule has 658 valence electrons. The molecule has 0 heterocycles. The number of hydrogen-bond donors (Lipinski definition) is 0. The molecule has 4 heteroatoms. The van der Waals surface area contributed by atoms with Gasteiger partial charge in [0.25, 0.3) is 0 Å². The Balaban J connectivity index is 1.53. The van der Waals surface area contributed by atoms with Gasteiger partial charge in [0, 0.05) is 55.1 Å². The zero-order valence-corrected chi connectivity index (χ0v) is 84.7. The molecule has 4 nitrogen and oxygen atoms in total. The van der Waals surface area contributed by atoms with Crippen molar-refractivity contribution in [1.29, 1.82) is 0 Å². The van der Waals surface area contributed by atoms with Crippen LogP contribution in [0.3, 0.4) is 0 Å². The largest absolute Gasteiger partial charge is 0.309 e. The van der Waals surface area contributed by atoms with Gasteiger partial charge in [-0.2, -0.15) is 0 Å². The fourth-order valence-electron chi connectivity index (χ4n) is 19.9. The van der Waals surface area contributed by atoms with Crippen LogP contribution in [-0.4, -0.2) is 0 Å². The summed E-state index contributed by atoms with van der Waals surface area (Å²) in [5.41, 5.74) is 33.9. The number of rotatable bonds is 20. The van der Waals surface area contributed by atoms with Gasteiger partial charge in [-0.1, -0.05) is 398 Å². The third kappa shape index (κ3) is 17.9. The van der Waals surface area contributed by atoms with E-state index in [2.05, 4.69) is 479 Å². The summed E-state index contributed by atoms with van der Waals surface area (Å²) in [5, 5.41) is 7.22. The second-order valence-electron chi connectivity index (χ2n) is 47.5. The van der Waals surface area contributed by atoms with Gasteiger partial charge in [0.2, 0.25) is 0 Å². The zero-order valence-electron chi connectivity index (χ0n) is 84.7. The summed E-state index contributed by atoms with van der Waals surface area (Å²) < 4.78 is 0. The smallest absolute Gasteiger partial charge is 0.0561 e. The quantitative estimate of drug-likeness (QED) is 0.0705. The van der Waals surface area contributed by atoms with E-state index >= 15 is 0 Å². The minimum atomic E-state index is -0.224. The first-order chi connectivity index (χ1) is 57.3. The summed E-state index contributed by atoms with van der Waals surface area (Å²) in [6.45, 7) is 97.3. The van der Waals surface area contributed by atoms with E-state index in [1.165, 1.54) is 167 Å². The first-order valence-electron chi connectivity index (χ1n) is 47.4. The van der Waals surface area contributed by atoms with E-state index in [4.69, 9.17) is 0 Å². The van der Waals surface area contributed by atoms with Gasteiger partial charge in [0.1, 0.15) is 0 Å². The molecule has 0 aliphatic heterocycles. The average Bonchev–Trinajstić information content (AvgIpc) is 0.690. The van der Waals surface area contributed by atoms with Crippen molar-refractivity contribution in [3.05, 3.63) is 271 Å².